The molecule has 1 aliphatic rings. The topological polar surface area (TPSA) is 119 Å². The molecular weight excluding hydrogens is 560 g/mol. The Morgan fingerprint density at radius 2 is 1.52 bits per heavy atom. The first-order valence-electron chi connectivity index (χ1n) is 14.5. The molecule has 0 amide bonds. The Kier molecular flexibility index (Phi) is 11.9. The summed E-state index contributed by atoms with van der Waals surface area (Å²) < 4.78 is 16.8. The van der Waals surface area contributed by atoms with Crippen LogP contribution in [0.3, 0.4) is 0 Å². The highest BCUT2D eigenvalue weighted by molar-refractivity contribution is 6.10. The molecule has 0 heterocycles. The van der Waals surface area contributed by atoms with E-state index < -0.39 is 11.7 Å². The van der Waals surface area contributed by atoms with E-state index in [1.807, 2.05) is 32.9 Å². The normalized spacial score (nSPS) is 20.3. The summed E-state index contributed by atoms with van der Waals surface area (Å²) in [6, 6.07) is 9.85. The zero-order valence-corrected chi connectivity index (χ0v) is 26.2. The lowest BCUT2D eigenvalue weighted by Crippen LogP contribution is -2.47. The van der Waals surface area contributed by atoms with Crippen LogP contribution in [0.5, 0.6) is 23.0 Å². The molecule has 2 N–H and O–H groups in total. The highest BCUT2D eigenvalue weighted by atomic mass is 16.5. The molecular formula is C36H42O8. The van der Waals surface area contributed by atoms with Gasteiger partial charge in [0.25, 0.3) is 0 Å². The molecule has 3 rings (SSSR count). The van der Waals surface area contributed by atoms with Gasteiger partial charge in [-0.1, -0.05) is 42.9 Å². The maximum absolute atomic E-state index is 12.4. The van der Waals surface area contributed by atoms with Crippen LogP contribution < -0.4 is 14.2 Å². The molecule has 2 aromatic rings. The number of phenols is 1. The number of hydrogen-bond acceptors (Lipinski definition) is 8. The SMILES string of the molecule is COc1cc(/C=C/C(=O)CC(=O)/C=C/c2ccc(O[C@]3(C)C=C[C@@H]([C@@H](C)CC(=O)C=C(C)C)C[C@@H]3O)c(OC)c2)ccc1O. The van der Waals surface area contributed by atoms with Gasteiger partial charge in [0.05, 0.1) is 26.7 Å². The highest BCUT2D eigenvalue weighted by Gasteiger charge is 2.39. The van der Waals surface area contributed by atoms with E-state index >= 15 is 0 Å². The smallest absolute Gasteiger partial charge is 0.163 e. The van der Waals surface area contributed by atoms with Crippen molar-refractivity contribution in [3.63, 3.8) is 0 Å². The number of hydrogen-bond donors (Lipinski definition) is 2. The summed E-state index contributed by atoms with van der Waals surface area (Å²) in [7, 11) is 2.94. The number of aromatic hydroxyl groups is 1. The van der Waals surface area contributed by atoms with Gasteiger partial charge in [-0.3, -0.25) is 14.4 Å². The molecule has 2 aromatic carbocycles. The van der Waals surface area contributed by atoms with Crippen LogP contribution in [-0.4, -0.2) is 53.5 Å². The molecule has 0 saturated heterocycles. The van der Waals surface area contributed by atoms with Crippen LogP contribution >= 0.6 is 0 Å². The fourth-order valence-corrected chi connectivity index (χ4v) is 4.94. The monoisotopic (exact) mass is 602 g/mol. The quantitative estimate of drug-likeness (QED) is 0.147. The van der Waals surface area contributed by atoms with Gasteiger partial charge < -0.3 is 24.4 Å². The molecule has 0 aromatic heterocycles. The number of allylic oxidation sites excluding steroid dienone is 5. The lowest BCUT2D eigenvalue weighted by molar-refractivity contribution is -0.122. The average Bonchev–Trinajstić information content (AvgIpc) is 2.97. The molecule has 0 fully saturated rings. The molecule has 0 saturated carbocycles. The molecule has 8 heteroatoms. The number of rotatable bonds is 14. The van der Waals surface area contributed by atoms with Crippen LogP contribution in [0.15, 0.2) is 72.4 Å². The van der Waals surface area contributed by atoms with Crippen LogP contribution in [0.1, 0.15) is 58.1 Å². The minimum Gasteiger partial charge on any atom is -0.504 e. The van der Waals surface area contributed by atoms with Gasteiger partial charge in [-0.2, -0.15) is 0 Å². The van der Waals surface area contributed by atoms with Crippen LogP contribution in [0.4, 0.5) is 0 Å². The molecule has 0 aliphatic heterocycles. The number of ether oxygens (including phenoxy) is 3. The predicted molar refractivity (Wildman–Crippen MR) is 171 cm³/mol. The Balaban J connectivity index is 1.62. The largest absolute Gasteiger partial charge is 0.504 e. The van der Waals surface area contributed by atoms with E-state index in [9.17, 15) is 24.6 Å². The van der Waals surface area contributed by atoms with Crippen molar-refractivity contribution in [3.8, 4) is 23.0 Å². The minimum absolute atomic E-state index is 0.00524. The first kappa shape index (κ1) is 34.1. The summed E-state index contributed by atoms with van der Waals surface area (Å²) in [5, 5.41) is 20.7. The number of methoxy groups -OCH3 is 2. The van der Waals surface area contributed by atoms with E-state index in [1.54, 1.807) is 55.5 Å². The van der Waals surface area contributed by atoms with Crippen molar-refractivity contribution in [2.24, 2.45) is 11.8 Å². The molecule has 234 valence electrons. The van der Waals surface area contributed by atoms with Gasteiger partial charge in [0.15, 0.2) is 45.9 Å². The third-order valence-corrected chi connectivity index (χ3v) is 7.53. The van der Waals surface area contributed by atoms with Crippen LogP contribution in [0, 0.1) is 11.8 Å². The molecule has 0 unspecified atom stereocenters. The van der Waals surface area contributed by atoms with Crippen molar-refractivity contribution in [3.05, 3.63) is 83.5 Å². The number of aliphatic hydroxyl groups excluding tert-OH is 1. The van der Waals surface area contributed by atoms with Gasteiger partial charge in [-0.25, -0.2) is 0 Å². The zero-order valence-electron chi connectivity index (χ0n) is 26.2. The lowest BCUT2D eigenvalue weighted by atomic mass is 9.76. The van der Waals surface area contributed by atoms with Crippen LogP contribution in [-0.2, 0) is 14.4 Å². The highest BCUT2D eigenvalue weighted by Crippen LogP contribution is 2.38. The number of ketones is 3. The van der Waals surface area contributed by atoms with Gasteiger partial charge in [0, 0.05) is 6.42 Å². The summed E-state index contributed by atoms with van der Waals surface area (Å²) in [6.45, 7) is 7.62. The summed E-state index contributed by atoms with van der Waals surface area (Å²) in [4.78, 5) is 36.9. The van der Waals surface area contributed by atoms with E-state index in [1.165, 1.54) is 32.4 Å². The fraction of sp³-hybridized carbons (Fsp3) is 0.361. The van der Waals surface area contributed by atoms with E-state index in [0.717, 1.165) is 5.57 Å². The summed E-state index contributed by atoms with van der Waals surface area (Å²) in [5.74, 6) is 0.608. The second kappa shape index (κ2) is 15.3. The van der Waals surface area contributed by atoms with Crippen molar-refractivity contribution in [1.82, 2.24) is 0 Å². The van der Waals surface area contributed by atoms with Gasteiger partial charge in [-0.05, 0) is 98.7 Å². The van der Waals surface area contributed by atoms with Gasteiger partial charge in [0.2, 0.25) is 0 Å². The average molecular weight is 603 g/mol. The first-order valence-corrected chi connectivity index (χ1v) is 14.5. The summed E-state index contributed by atoms with van der Waals surface area (Å²) in [6.07, 6.45) is 11.1. The second-order valence-corrected chi connectivity index (χ2v) is 11.5. The van der Waals surface area contributed by atoms with E-state index in [-0.39, 0.29) is 47.1 Å². The Hall–Kier alpha value is -4.43. The lowest BCUT2D eigenvalue weighted by Gasteiger charge is -2.39. The van der Waals surface area contributed by atoms with Gasteiger partial charge >= 0.3 is 0 Å². The standard InChI is InChI=1S/C36H42O8/c1-23(2)17-30(39)18-24(3)27-15-16-36(4,35(41)21-27)44-32-14-10-26(20-34(32)43-6)8-12-29(38)22-28(37)11-7-25-9-13-31(40)33(19-25)42-5/h7-17,19-20,24,27,35,40-41H,18,21-22H2,1-6H3/b11-7+,12-8+/t24-,27+,35-,36+/m0/s1. The van der Waals surface area contributed by atoms with Crippen molar-refractivity contribution in [2.45, 2.75) is 58.7 Å². The maximum Gasteiger partial charge on any atom is 0.163 e. The summed E-state index contributed by atoms with van der Waals surface area (Å²) in [5.41, 5.74) is 1.29. The van der Waals surface area contributed by atoms with Crippen molar-refractivity contribution in [2.75, 3.05) is 14.2 Å². The number of phenolic OH excluding ortho intramolecular Hbond substituents is 1. The Morgan fingerprint density at radius 1 is 0.932 bits per heavy atom. The van der Waals surface area contributed by atoms with Gasteiger partial charge in [-0.15, -0.1) is 0 Å². The second-order valence-electron chi connectivity index (χ2n) is 11.5. The molecule has 0 spiro atoms. The van der Waals surface area contributed by atoms with E-state index in [0.29, 0.717) is 35.5 Å². The Morgan fingerprint density at radius 3 is 2.09 bits per heavy atom. The minimum atomic E-state index is -1.00. The molecule has 44 heavy (non-hydrogen) atoms. The Labute approximate surface area is 259 Å². The molecule has 0 bridgehead atoms. The number of carbonyl (C=O) groups excluding carboxylic acids is 3. The Bertz CT molecular complexity index is 1480. The summed E-state index contributed by atoms with van der Waals surface area (Å²) >= 11 is 0. The van der Waals surface area contributed by atoms with E-state index in [2.05, 4.69) is 0 Å². The van der Waals surface area contributed by atoms with Crippen molar-refractivity contribution < 1.29 is 38.8 Å². The van der Waals surface area contributed by atoms with Crippen LogP contribution in [0.2, 0.25) is 0 Å². The van der Waals surface area contributed by atoms with Crippen LogP contribution in [0.25, 0.3) is 12.2 Å². The predicted octanol–water partition coefficient (Wildman–Crippen LogP) is 6.30. The van der Waals surface area contributed by atoms with Crippen molar-refractivity contribution in [1.29, 1.82) is 0 Å². The number of aliphatic hydroxyl groups is 1. The van der Waals surface area contributed by atoms with Gasteiger partial charge in [0.1, 0.15) is 0 Å². The van der Waals surface area contributed by atoms with E-state index in [4.69, 9.17) is 14.2 Å². The molecule has 0 radical (unpaired) electrons. The third kappa shape index (κ3) is 9.54. The molecule has 1 aliphatic carbocycles. The number of carbonyl (C=O) groups is 3. The first-order chi connectivity index (χ1) is 20.8. The maximum atomic E-state index is 12.4. The molecule has 8 nitrogen and oxygen atoms in total. The zero-order chi connectivity index (χ0) is 32.4. The number of benzene rings is 2. The molecule has 4 atom stereocenters. The van der Waals surface area contributed by atoms with Crippen molar-refractivity contribution >= 4 is 29.5 Å². The third-order valence-electron chi connectivity index (χ3n) is 7.53. The fourth-order valence-electron chi connectivity index (χ4n) is 4.94.